The van der Waals surface area contributed by atoms with Gasteiger partial charge in [0, 0.05) is 6.20 Å². The van der Waals surface area contributed by atoms with Crippen molar-refractivity contribution < 1.29 is 0 Å². The van der Waals surface area contributed by atoms with E-state index in [0.717, 1.165) is 11.3 Å². The van der Waals surface area contributed by atoms with Crippen LogP contribution in [0.1, 0.15) is 19.7 Å². The predicted octanol–water partition coefficient (Wildman–Crippen LogP) is 1.46. The second kappa shape index (κ2) is 3.80. The van der Waals surface area contributed by atoms with Gasteiger partial charge in [0.1, 0.15) is 5.82 Å². The molecule has 2 rings (SSSR count). The molecule has 0 atom stereocenters. The van der Waals surface area contributed by atoms with Crippen molar-refractivity contribution in [2.24, 2.45) is 0 Å². The Morgan fingerprint density at radius 2 is 2.08 bits per heavy atom. The van der Waals surface area contributed by atoms with Crippen LogP contribution in [-0.4, -0.2) is 19.8 Å². The Bertz CT molecular complexity index is 353. The number of aryl methyl sites for hydroxylation is 1. The molecule has 0 saturated heterocycles. The molecule has 0 fully saturated rings. The molecule has 0 saturated carbocycles. The van der Waals surface area contributed by atoms with Gasteiger partial charge in [-0.3, -0.25) is 0 Å². The molecule has 4 heteroatoms. The van der Waals surface area contributed by atoms with E-state index >= 15 is 0 Å². The third-order valence-corrected chi connectivity index (χ3v) is 1.39. The Morgan fingerprint density at radius 1 is 1.33 bits per heavy atom. The fourth-order valence-electron chi connectivity index (χ4n) is 0.884. The third-order valence-electron chi connectivity index (χ3n) is 1.39. The smallest absolute Gasteiger partial charge is 0.129 e. The molecule has 0 amide bonds. The Labute approximate surface area is 71.2 Å². The highest BCUT2D eigenvalue weighted by Crippen LogP contribution is 1.98. The van der Waals surface area contributed by atoms with Gasteiger partial charge in [-0.05, 0) is 13.0 Å². The van der Waals surface area contributed by atoms with Gasteiger partial charge in [-0.25, -0.2) is 4.98 Å². The van der Waals surface area contributed by atoms with Gasteiger partial charge in [-0.2, -0.15) is 4.52 Å². The molecular formula is C8H12N4. The van der Waals surface area contributed by atoms with Gasteiger partial charge in [-0.1, -0.05) is 19.1 Å². The van der Waals surface area contributed by atoms with Crippen LogP contribution in [0.2, 0.25) is 0 Å². The monoisotopic (exact) mass is 164 g/mol. The van der Waals surface area contributed by atoms with Crippen molar-refractivity contribution >= 4 is 5.52 Å². The van der Waals surface area contributed by atoms with E-state index in [1.54, 1.807) is 16.9 Å². The average molecular weight is 164 g/mol. The average Bonchev–Trinajstić information content (AvgIpc) is 2.57. The SMILES string of the molecule is CC.Cc1nccc2cnnn12. The maximum atomic E-state index is 4.04. The lowest BCUT2D eigenvalue weighted by molar-refractivity contribution is 0.798. The summed E-state index contributed by atoms with van der Waals surface area (Å²) in [5.74, 6) is 0.856. The molecule has 0 aliphatic heterocycles. The molecule has 2 heterocycles. The van der Waals surface area contributed by atoms with Gasteiger partial charge in [0.25, 0.3) is 0 Å². The number of hydrogen-bond acceptors (Lipinski definition) is 3. The summed E-state index contributed by atoms with van der Waals surface area (Å²) in [6.07, 6.45) is 3.45. The highest BCUT2D eigenvalue weighted by atomic mass is 15.4. The molecule has 0 aliphatic carbocycles. The zero-order valence-corrected chi connectivity index (χ0v) is 7.52. The molecule has 0 unspecified atom stereocenters. The second-order valence-corrected chi connectivity index (χ2v) is 2.06. The summed E-state index contributed by atoms with van der Waals surface area (Å²) in [6, 6.07) is 1.87. The van der Waals surface area contributed by atoms with Gasteiger partial charge in [0.15, 0.2) is 0 Å². The van der Waals surface area contributed by atoms with Crippen molar-refractivity contribution in [2.75, 3.05) is 0 Å². The first-order chi connectivity index (χ1) is 5.88. The van der Waals surface area contributed by atoms with Crippen LogP contribution >= 0.6 is 0 Å². The number of rotatable bonds is 0. The van der Waals surface area contributed by atoms with Gasteiger partial charge in [0.05, 0.1) is 11.7 Å². The first kappa shape index (κ1) is 8.64. The van der Waals surface area contributed by atoms with E-state index < -0.39 is 0 Å². The normalized spacial score (nSPS) is 9.25. The first-order valence-corrected chi connectivity index (χ1v) is 4.00. The molecule has 0 bridgehead atoms. The third kappa shape index (κ3) is 1.42. The van der Waals surface area contributed by atoms with Crippen LogP contribution < -0.4 is 0 Å². The Hall–Kier alpha value is -1.45. The molecule has 12 heavy (non-hydrogen) atoms. The summed E-state index contributed by atoms with van der Waals surface area (Å²) >= 11 is 0. The lowest BCUT2D eigenvalue weighted by atomic mass is 10.5. The van der Waals surface area contributed by atoms with Gasteiger partial charge < -0.3 is 0 Å². The maximum Gasteiger partial charge on any atom is 0.129 e. The van der Waals surface area contributed by atoms with Crippen LogP contribution in [0.15, 0.2) is 18.5 Å². The van der Waals surface area contributed by atoms with Gasteiger partial charge in [0.2, 0.25) is 0 Å². The Morgan fingerprint density at radius 3 is 2.75 bits per heavy atom. The van der Waals surface area contributed by atoms with Crippen molar-refractivity contribution in [3.8, 4) is 0 Å². The van der Waals surface area contributed by atoms with Crippen LogP contribution in [0.25, 0.3) is 5.52 Å². The highest BCUT2D eigenvalue weighted by molar-refractivity contribution is 5.41. The molecule has 0 N–H and O–H groups in total. The highest BCUT2D eigenvalue weighted by Gasteiger charge is 1.94. The van der Waals surface area contributed by atoms with Crippen molar-refractivity contribution in [1.82, 2.24) is 19.8 Å². The van der Waals surface area contributed by atoms with E-state index in [-0.39, 0.29) is 0 Å². The molecule has 64 valence electrons. The quantitative estimate of drug-likeness (QED) is 0.592. The van der Waals surface area contributed by atoms with E-state index in [1.807, 2.05) is 26.8 Å². The van der Waals surface area contributed by atoms with Crippen LogP contribution in [0.5, 0.6) is 0 Å². The van der Waals surface area contributed by atoms with Crippen molar-refractivity contribution in [3.63, 3.8) is 0 Å². The van der Waals surface area contributed by atoms with Crippen molar-refractivity contribution in [1.29, 1.82) is 0 Å². The van der Waals surface area contributed by atoms with Crippen LogP contribution in [0.4, 0.5) is 0 Å². The summed E-state index contributed by atoms with van der Waals surface area (Å²) in [6.45, 7) is 5.89. The molecule has 0 aromatic carbocycles. The minimum Gasteiger partial charge on any atom is -0.242 e. The Kier molecular flexibility index (Phi) is 2.74. The fraction of sp³-hybridized carbons (Fsp3) is 0.375. The van der Waals surface area contributed by atoms with E-state index in [2.05, 4.69) is 15.3 Å². The zero-order chi connectivity index (χ0) is 8.97. The second-order valence-electron chi connectivity index (χ2n) is 2.06. The summed E-state index contributed by atoms with van der Waals surface area (Å²) in [7, 11) is 0. The minimum absolute atomic E-state index is 0.856. The van der Waals surface area contributed by atoms with E-state index in [4.69, 9.17) is 0 Å². The summed E-state index contributed by atoms with van der Waals surface area (Å²) in [4.78, 5) is 4.04. The van der Waals surface area contributed by atoms with Gasteiger partial charge in [-0.15, -0.1) is 5.10 Å². The summed E-state index contributed by atoms with van der Waals surface area (Å²) < 4.78 is 1.69. The topological polar surface area (TPSA) is 43.1 Å². The predicted molar refractivity (Wildman–Crippen MR) is 46.9 cm³/mol. The van der Waals surface area contributed by atoms with E-state index in [1.165, 1.54) is 0 Å². The number of hydrogen-bond donors (Lipinski definition) is 0. The van der Waals surface area contributed by atoms with Gasteiger partial charge >= 0.3 is 0 Å². The lowest BCUT2D eigenvalue weighted by Crippen LogP contribution is -1.94. The van der Waals surface area contributed by atoms with Crippen LogP contribution in [0, 0.1) is 6.92 Å². The van der Waals surface area contributed by atoms with Crippen molar-refractivity contribution in [2.45, 2.75) is 20.8 Å². The molecule has 0 spiro atoms. The molecule has 0 radical (unpaired) electrons. The van der Waals surface area contributed by atoms with E-state index in [9.17, 15) is 0 Å². The molecule has 0 aliphatic rings. The molecular weight excluding hydrogens is 152 g/mol. The number of aromatic nitrogens is 4. The standard InChI is InChI=1S/C6H6N4.C2H6/c1-5-7-3-2-6-4-8-9-10(5)6;1-2/h2-4H,1H3;1-2H3. The molecule has 4 nitrogen and oxygen atoms in total. The molecule has 2 aromatic heterocycles. The Balaban J connectivity index is 0.000000336. The number of fused-ring (bicyclic) bond motifs is 1. The van der Waals surface area contributed by atoms with Crippen LogP contribution in [0.3, 0.4) is 0 Å². The fourth-order valence-corrected chi connectivity index (χ4v) is 0.884. The minimum atomic E-state index is 0.856. The summed E-state index contributed by atoms with van der Waals surface area (Å²) in [5.41, 5.74) is 0.979. The summed E-state index contributed by atoms with van der Waals surface area (Å²) in [5, 5.41) is 7.56. The largest absolute Gasteiger partial charge is 0.242 e. The molecule has 2 aromatic rings. The zero-order valence-electron chi connectivity index (χ0n) is 7.52. The lowest BCUT2D eigenvalue weighted by Gasteiger charge is -1.92. The van der Waals surface area contributed by atoms with Crippen LogP contribution in [-0.2, 0) is 0 Å². The maximum absolute atomic E-state index is 4.04. The van der Waals surface area contributed by atoms with Crippen molar-refractivity contribution in [3.05, 3.63) is 24.3 Å². The first-order valence-electron chi connectivity index (χ1n) is 4.00. The number of nitrogens with zero attached hydrogens (tertiary/aromatic N) is 4. The van der Waals surface area contributed by atoms with E-state index in [0.29, 0.717) is 0 Å².